The van der Waals surface area contributed by atoms with E-state index < -0.39 is 6.04 Å². The summed E-state index contributed by atoms with van der Waals surface area (Å²) in [6.45, 7) is 1.73. The van der Waals surface area contributed by atoms with E-state index in [9.17, 15) is 0 Å². The average Bonchev–Trinajstić information content (AvgIpc) is 2.52. The Balaban J connectivity index is 2.70. The van der Waals surface area contributed by atoms with E-state index in [1.54, 1.807) is 10.6 Å². The van der Waals surface area contributed by atoms with Crippen LogP contribution in [0.15, 0.2) is 12.4 Å². The summed E-state index contributed by atoms with van der Waals surface area (Å²) in [7, 11) is 0. The molecule has 0 aliphatic rings. The van der Waals surface area contributed by atoms with Crippen molar-refractivity contribution >= 4 is 17.4 Å². The van der Waals surface area contributed by atoms with Gasteiger partial charge in [-0.15, -0.1) is 0 Å². The van der Waals surface area contributed by atoms with Gasteiger partial charge in [-0.2, -0.15) is 4.98 Å². The van der Waals surface area contributed by atoms with Gasteiger partial charge in [0, 0.05) is 12.4 Å². The maximum absolute atomic E-state index is 9.01. The number of imidazole rings is 1. The predicted molar refractivity (Wildman–Crippen MR) is 56.7 cm³/mol. The second-order valence-electron chi connectivity index (χ2n) is 3.38. The monoisotopic (exact) mass is 226 g/mol. The van der Waals surface area contributed by atoms with Crippen molar-refractivity contribution < 1.29 is 5.11 Å². The zero-order chi connectivity index (χ0) is 11.0. The first-order valence-electron chi connectivity index (χ1n) is 4.50. The Bertz CT molecular complexity index is 496. The number of hydrogen-bond donors (Lipinski definition) is 2. The van der Waals surface area contributed by atoms with Gasteiger partial charge in [0.25, 0.3) is 0 Å². The van der Waals surface area contributed by atoms with Crippen LogP contribution in [0.1, 0.15) is 17.3 Å². The third-order valence-electron chi connectivity index (χ3n) is 2.15. The maximum atomic E-state index is 9.01. The van der Waals surface area contributed by atoms with E-state index in [2.05, 4.69) is 9.97 Å². The average molecular weight is 227 g/mol. The van der Waals surface area contributed by atoms with Gasteiger partial charge in [0.05, 0.1) is 18.3 Å². The summed E-state index contributed by atoms with van der Waals surface area (Å²) in [5.41, 5.74) is 7.30. The molecule has 2 rings (SSSR count). The van der Waals surface area contributed by atoms with Crippen LogP contribution in [0.5, 0.6) is 0 Å². The molecule has 0 spiro atoms. The van der Waals surface area contributed by atoms with Crippen molar-refractivity contribution in [3.63, 3.8) is 0 Å². The molecule has 80 valence electrons. The topological polar surface area (TPSA) is 76.4 Å². The van der Waals surface area contributed by atoms with E-state index in [1.165, 1.54) is 0 Å². The lowest BCUT2D eigenvalue weighted by Crippen LogP contribution is -2.17. The molecule has 2 aromatic heterocycles. The van der Waals surface area contributed by atoms with E-state index in [1.807, 2.05) is 13.1 Å². The lowest BCUT2D eigenvalue weighted by atomic mass is 10.2. The summed E-state index contributed by atoms with van der Waals surface area (Å²) in [5.74, 6) is 0.490. The molecule has 0 amide bonds. The minimum Gasteiger partial charge on any atom is -0.394 e. The third kappa shape index (κ3) is 1.69. The van der Waals surface area contributed by atoms with Crippen LogP contribution in [0.4, 0.5) is 0 Å². The Kier molecular flexibility index (Phi) is 2.60. The molecule has 15 heavy (non-hydrogen) atoms. The molecule has 0 aliphatic carbocycles. The molecule has 0 saturated carbocycles. The number of nitrogens with zero attached hydrogens (tertiary/aromatic N) is 3. The number of aliphatic hydroxyl groups excluding tert-OH is 1. The van der Waals surface area contributed by atoms with Gasteiger partial charge in [-0.3, -0.25) is 4.40 Å². The summed E-state index contributed by atoms with van der Waals surface area (Å²) in [6, 6.07) is -0.545. The van der Waals surface area contributed by atoms with Crippen molar-refractivity contribution in [1.82, 2.24) is 14.4 Å². The van der Waals surface area contributed by atoms with Crippen molar-refractivity contribution in [3.05, 3.63) is 28.8 Å². The van der Waals surface area contributed by atoms with Gasteiger partial charge < -0.3 is 10.8 Å². The molecule has 0 saturated heterocycles. The van der Waals surface area contributed by atoms with Crippen LogP contribution in [0, 0.1) is 6.92 Å². The number of halogens is 1. The smallest absolute Gasteiger partial charge is 0.235 e. The maximum Gasteiger partial charge on any atom is 0.235 e. The van der Waals surface area contributed by atoms with Crippen LogP contribution in [0.25, 0.3) is 5.78 Å². The van der Waals surface area contributed by atoms with Crippen molar-refractivity contribution in [2.75, 3.05) is 6.61 Å². The van der Waals surface area contributed by atoms with Crippen LogP contribution in [-0.2, 0) is 0 Å². The van der Waals surface area contributed by atoms with Gasteiger partial charge >= 0.3 is 0 Å². The van der Waals surface area contributed by atoms with Crippen molar-refractivity contribution in [2.24, 2.45) is 5.73 Å². The number of fused-ring (bicyclic) bond motifs is 1. The number of aliphatic hydroxyl groups is 1. The van der Waals surface area contributed by atoms with Crippen LogP contribution in [-0.4, -0.2) is 26.1 Å². The molecule has 0 fully saturated rings. The highest BCUT2D eigenvalue weighted by molar-refractivity contribution is 6.30. The summed E-state index contributed by atoms with van der Waals surface area (Å²) < 4.78 is 1.71. The Hall–Kier alpha value is -1.17. The van der Waals surface area contributed by atoms with Crippen molar-refractivity contribution in [3.8, 4) is 0 Å². The number of hydrogen-bond acceptors (Lipinski definition) is 4. The third-order valence-corrected chi connectivity index (χ3v) is 2.43. The molecule has 0 radical (unpaired) electrons. The molecule has 6 heteroatoms. The highest BCUT2D eigenvalue weighted by atomic mass is 35.5. The standard InChI is InChI=1S/C9H11ClN4O/c1-5-2-12-9-13-8(10)7(6(11)4-15)14(9)3-5/h2-3,6,15H,4,11H2,1H3. The van der Waals surface area contributed by atoms with Crippen LogP contribution < -0.4 is 5.73 Å². The summed E-state index contributed by atoms with van der Waals surface area (Å²) in [6.07, 6.45) is 3.54. The minimum absolute atomic E-state index is 0.179. The van der Waals surface area contributed by atoms with Crippen LogP contribution in [0.3, 0.4) is 0 Å². The van der Waals surface area contributed by atoms with Crippen LogP contribution >= 0.6 is 11.6 Å². The Labute approximate surface area is 91.5 Å². The molecule has 0 aromatic carbocycles. The molecule has 2 heterocycles. The van der Waals surface area contributed by atoms with Gasteiger partial charge in [0.2, 0.25) is 5.78 Å². The lowest BCUT2D eigenvalue weighted by molar-refractivity contribution is 0.265. The van der Waals surface area contributed by atoms with E-state index in [0.29, 0.717) is 11.5 Å². The molecule has 1 unspecified atom stereocenters. The normalized spacial score (nSPS) is 13.3. The highest BCUT2D eigenvalue weighted by Crippen LogP contribution is 2.21. The Morgan fingerprint density at radius 2 is 2.40 bits per heavy atom. The summed E-state index contributed by atoms with van der Waals surface area (Å²) in [5, 5.41) is 9.30. The molecule has 0 aliphatic heterocycles. The van der Waals surface area contributed by atoms with E-state index in [-0.39, 0.29) is 11.8 Å². The largest absolute Gasteiger partial charge is 0.394 e. The van der Waals surface area contributed by atoms with E-state index in [0.717, 1.165) is 5.56 Å². The fourth-order valence-electron chi connectivity index (χ4n) is 1.44. The lowest BCUT2D eigenvalue weighted by Gasteiger charge is -2.08. The van der Waals surface area contributed by atoms with Crippen molar-refractivity contribution in [2.45, 2.75) is 13.0 Å². The minimum atomic E-state index is -0.545. The molecule has 3 N–H and O–H groups in total. The number of aromatic nitrogens is 3. The Morgan fingerprint density at radius 3 is 3.07 bits per heavy atom. The van der Waals surface area contributed by atoms with Crippen LogP contribution in [0.2, 0.25) is 5.15 Å². The number of aryl methyl sites for hydroxylation is 1. The first kappa shape index (κ1) is 10.4. The quantitative estimate of drug-likeness (QED) is 0.790. The second kappa shape index (κ2) is 3.77. The zero-order valence-electron chi connectivity index (χ0n) is 8.18. The fraction of sp³-hybridized carbons (Fsp3) is 0.333. The predicted octanol–water partition coefficient (Wildman–Crippen LogP) is 0.683. The van der Waals surface area contributed by atoms with Crippen molar-refractivity contribution in [1.29, 1.82) is 0 Å². The van der Waals surface area contributed by atoms with Gasteiger partial charge in [-0.25, -0.2) is 4.98 Å². The van der Waals surface area contributed by atoms with E-state index >= 15 is 0 Å². The molecule has 0 bridgehead atoms. The highest BCUT2D eigenvalue weighted by Gasteiger charge is 2.17. The second-order valence-corrected chi connectivity index (χ2v) is 3.74. The fourth-order valence-corrected chi connectivity index (χ4v) is 1.75. The molecule has 5 nitrogen and oxygen atoms in total. The first-order valence-corrected chi connectivity index (χ1v) is 4.88. The summed E-state index contributed by atoms with van der Waals surface area (Å²) >= 11 is 5.93. The molecular formula is C9H11ClN4O. The van der Waals surface area contributed by atoms with Gasteiger partial charge in [0.1, 0.15) is 0 Å². The summed E-state index contributed by atoms with van der Waals surface area (Å²) in [4.78, 5) is 8.16. The van der Waals surface area contributed by atoms with Gasteiger partial charge in [-0.05, 0) is 12.5 Å². The molecule has 2 aromatic rings. The van der Waals surface area contributed by atoms with Gasteiger partial charge in [-0.1, -0.05) is 11.6 Å². The zero-order valence-corrected chi connectivity index (χ0v) is 8.94. The first-order chi connectivity index (χ1) is 7.13. The number of rotatable bonds is 2. The SMILES string of the molecule is Cc1cnc2nc(Cl)c(C(N)CO)n2c1. The van der Waals surface area contributed by atoms with Gasteiger partial charge in [0.15, 0.2) is 5.15 Å². The molecule has 1 atom stereocenters. The molecular weight excluding hydrogens is 216 g/mol. The number of nitrogens with two attached hydrogens (primary N) is 1. The van der Waals surface area contributed by atoms with E-state index in [4.69, 9.17) is 22.4 Å². The Morgan fingerprint density at radius 1 is 1.67 bits per heavy atom.